The lowest BCUT2D eigenvalue weighted by atomic mass is 10.1. The van der Waals surface area contributed by atoms with Crippen molar-refractivity contribution in [3.63, 3.8) is 0 Å². The van der Waals surface area contributed by atoms with Gasteiger partial charge in [0.2, 0.25) is 0 Å². The molecular formula is C13H11N3O3. The first-order valence-electron chi connectivity index (χ1n) is 5.70. The lowest BCUT2D eigenvalue weighted by Gasteiger charge is -2.07. The summed E-state index contributed by atoms with van der Waals surface area (Å²) in [6.07, 6.45) is 0. The van der Waals surface area contributed by atoms with E-state index < -0.39 is 0 Å². The standard InChI is InChI=1S/C13H11N3O3/c1-7-10-11(8-5-3-4-6-9(8)18-2)14-15-13(17)12(10)16-19-7/h3-6H,1-2H3,(H,15,17). The van der Waals surface area contributed by atoms with Crippen LogP contribution < -0.4 is 10.3 Å². The van der Waals surface area contributed by atoms with Gasteiger partial charge >= 0.3 is 0 Å². The minimum Gasteiger partial charge on any atom is -0.496 e. The van der Waals surface area contributed by atoms with E-state index in [4.69, 9.17) is 9.26 Å². The van der Waals surface area contributed by atoms with Gasteiger partial charge in [-0.25, -0.2) is 5.10 Å². The Bertz CT molecular complexity index is 804. The SMILES string of the molecule is COc1ccccc1-c1n[nH]c(=O)c2noc(C)c12. The average molecular weight is 257 g/mol. The summed E-state index contributed by atoms with van der Waals surface area (Å²) in [4.78, 5) is 11.7. The summed E-state index contributed by atoms with van der Waals surface area (Å²) in [5.74, 6) is 1.22. The van der Waals surface area contributed by atoms with Crippen molar-refractivity contribution in [3.05, 3.63) is 40.4 Å². The Hall–Kier alpha value is -2.63. The van der Waals surface area contributed by atoms with Crippen molar-refractivity contribution in [3.8, 4) is 17.0 Å². The fourth-order valence-corrected chi connectivity index (χ4v) is 2.06. The van der Waals surface area contributed by atoms with Gasteiger partial charge in [-0.3, -0.25) is 4.79 Å². The molecule has 0 spiro atoms. The molecule has 2 heterocycles. The van der Waals surface area contributed by atoms with Gasteiger partial charge < -0.3 is 9.26 Å². The summed E-state index contributed by atoms with van der Waals surface area (Å²) in [5.41, 5.74) is 1.24. The molecule has 1 aromatic carbocycles. The van der Waals surface area contributed by atoms with Gasteiger partial charge in [-0.15, -0.1) is 0 Å². The Morgan fingerprint density at radius 1 is 1.32 bits per heavy atom. The maximum absolute atomic E-state index is 11.7. The molecule has 2 aromatic heterocycles. The molecular weight excluding hydrogens is 246 g/mol. The van der Waals surface area contributed by atoms with Crippen molar-refractivity contribution in [1.29, 1.82) is 0 Å². The van der Waals surface area contributed by atoms with Crippen molar-refractivity contribution in [2.75, 3.05) is 7.11 Å². The van der Waals surface area contributed by atoms with Crippen LogP contribution in [0.4, 0.5) is 0 Å². The average Bonchev–Trinajstić information content (AvgIpc) is 2.83. The highest BCUT2D eigenvalue weighted by molar-refractivity contribution is 5.94. The van der Waals surface area contributed by atoms with Crippen LogP contribution in [0.1, 0.15) is 5.76 Å². The molecule has 1 N–H and O–H groups in total. The molecule has 0 saturated carbocycles. The Kier molecular flexibility index (Phi) is 2.56. The van der Waals surface area contributed by atoms with Gasteiger partial charge in [0.1, 0.15) is 17.2 Å². The molecule has 0 saturated heterocycles. The molecule has 6 nitrogen and oxygen atoms in total. The number of rotatable bonds is 2. The molecule has 19 heavy (non-hydrogen) atoms. The molecule has 0 aliphatic heterocycles. The Balaban J connectivity index is 2.40. The molecule has 0 aliphatic carbocycles. The van der Waals surface area contributed by atoms with Gasteiger partial charge in [-0.05, 0) is 19.1 Å². The summed E-state index contributed by atoms with van der Waals surface area (Å²) in [7, 11) is 1.59. The second-order valence-corrected chi connectivity index (χ2v) is 4.06. The van der Waals surface area contributed by atoms with Crippen LogP contribution in [0.2, 0.25) is 0 Å². The van der Waals surface area contributed by atoms with E-state index >= 15 is 0 Å². The highest BCUT2D eigenvalue weighted by Crippen LogP contribution is 2.32. The van der Waals surface area contributed by atoms with Gasteiger partial charge in [-0.2, -0.15) is 5.10 Å². The van der Waals surface area contributed by atoms with E-state index in [1.807, 2.05) is 24.3 Å². The minimum atomic E-state index is -0.370. The first kappa shape index (κ1) is 11.5. The third-order valence-electron chi connectivity index (χ3n) is 2.95. The second-order valence-electron chi connectivity index (χ2n) is 4.06. The van der Waals surface area contributed by atoms with Crippen LogP contribution in [-0.4, -0.2) is 22.5 Å². The first-order valence-corrected chi connectivity index (χ1v) is 5.70. The van der Waals surface area contributed by atoms with E-state index in [0.717, 1.165) is 5.56 Å². The van der Waals surface area contributed by atoms with Crippen LogP contribution >= 0.6 is 0 Å². The van der Waals surface area contributed by atoms with Crippen molar-refractivity contribution < 1.29 is 9.26 Å². The number of methoxy groups -OCH3 is 1. The topological polar surface area (TPSA) is 81.0 Å². The van der Waals surface area contributed by atoms with Crippen molar-refractivity contribution >= 4 is 10.9 Å². The van der Waals surface area contributed by atoms with Crippen molar-refractivity contribution in [2.45, 2.75) is 6.92 Å². The lowest BCUT2D eigenvalue weighted by molar-refractivity contribution is 0.405. The number of aryl methyl sites for hydroxylation is 1. The van der Waals surface area contributed by atoms with Crippen molar-refractivity contribution in [2.24, 2.45) is 0 Å². The van der Waals surface area contributed by atoms with Crippen LogP contribution in [0, 0.1) is 6.92 Å². The normalized spacial score (nSPS) is 10.8. The molecule has 0 amide bonds. The number of para-hydroxylation sites is 1. The molecule has 0 aliphatic rings. The van der Waals surface area contributed by atoms with E-state index in [9.17, 15) is 4.79 Å². The predicted octanol–water partition coefficient (Wildman–Crippen LogP) is 1.90. The third-order valence-corrected chi connectivity index (χ3v) is 2.95. The fraction of sp³-hybridized carbons (Fsp3) is 0.154. The number of nitrogens with zero attached hydrogens (tertiary/aromatic N) is 2. The van der Waals surface area contributed by atoms with Gasteiger partial charge in [-0.1, -0.05) is 17.3 Å². The van der Waals surface area contributed by atoms with E-state index in [1.165, 1.54) is 0 Å². The summed E-state index contributed by atoms with van der Waals surface area (Å²) >= 11 is 0. The number of aromatic nitrogens is 3. The zero-order chi connectivity index (χ0) is 13.4. The number of aromatic amines is 1. The zero-order valence-corrected chi connectivity index (χ0v) is 10.4. The Morgan fingerprint density at radius 3 is 2.89 bits per heavy atom. The van der Waals surface area contributed by atoms with E-state index in [1.54, 1.807) is 14.0 Å². The number of benzene rings is 1. The monoisotopic (exact) mass is 257 g/mol. The Labute approximate surface area is 108 Å². The van der Waals surface area contributed by atoms with E-state index in [0.29, 0.717) is 22.6 Å². The fourth-order valence-electron chi connectivity index (χ4n) is 2.06. The number of hydrogen-bond donors (Lipinski definition) is 1. The molecule has 96 valence electrons. The summed E-state index contributed by atoms with van der Waals surface area (Å²) in [6, 6.07) is 7.44. The molecule has 0 unspecified atom stereocenters. The minimum absolute atomic E-state index is 0.244. The second kappa shape index (κ2) is 4.24. The smallest absolute Gasteiger partial charge is 0.294 e. The molecule has 0 atom stereocenters. The molecule has 3 aromatic rings. The highest BCUT2D eigenvalue weighted by atomic mass is 16.5. The van der Waals surface area contributed by atoms with Crippen molar-refractivity contribution in [1.82, 2.24) is 15.4 Å². The third kappa shape index (κ3) is 1.69. The van der Waals surface area contributed by atoms with E-state index in [2.05, 4.69) is 15.4 Å². The molecule has 3 rings (SSSR count). The number of ether oxygens (including phenoxy) is 1. The first-order chi connectivity index (χ1) is 9.22. The van der Waals surface area contributed by atoms with Crippen LogP contribution in [0.25, 0.3) is 22.2 Å². The lowest BCUT2D eigenvalue weighted by Crippen LogP contribution is -2.09. The number of nitrogens with one attached hydrogen (secondary N) is 1. The van der Waals surface area contributed by atoms with Gasteiger partial charge in [0.05, 0.1) is 12.5 Å². The summed E-state index contributed by atoms with van der Waals surface area (Å²) in [5, 5.41) is 10.9. The molecule has 0 bridgehead atoms. The quantitative estimate of drug-likeness (QED) is 0.758. The number of H-pyrrole nitrogens is 1. The van der Waals surface area contributed by atoms with Gasteiger partial charge in [0, 0.05) is 5.56 Å². The van der Waals surface area contributed by atoms with Gasteiger partial charge in [0.25, 0.3) is 5.56 Å². The van der Waals surface area contributed by atoms with E-state index in [-0.39, 0.29) is 11.1 Å². The van der Waals surface area contributed by atoms with Crippen LogP contribution in [0.15, 0.2) is 33.6 Å². The molecule has 0 fully saturated rings. The highest BCUT2D eigenvalue weighted by Gasteiger charge is 2.18. The number of fused-ring (bicyclic) bond motifs is 1. The maximum atomic E-state index is 11.7. The van der Waals surface area contributed by atoms with Crippen LogP contribution in [0.5, 0.6) is 5.75 Å². The molecule has 6 heteroatoms. The van der Waals surface area contributed by atoms with Crippen LogP contribution in [0.3, 0.4) is 0 Å². The Morgan fingerprint density at radius 2 is 2.11 bits per heavy atom. The zero-order valence-electron chi connectivity index (χ0n) is 10.4. The maximum Gasteiger partial charge on any atom is 0.294 e. The summed E-state index contributed by atoms with van der Waals surface area (Å²) in [6.45, 7) is 1.75. The van der Waals surface area contributed by atoms with Crippen LogP contribution in [-0.2, 0) is 0 Å². The number of hydrogen-bond acceptors (Lipinski definition) is 5. The predicted molar refractivity (Wildman–Crippen MR) is 69.1 cm³/mol. The molecule has 0 radical (unpaired) electrons. The van der Waals surface area contributed by atoms with Gasteiger partial charge in [0.15, 0.2) is 5.52 Å². The summed E-state index contributed by atoms with van der Waals surface area (Å²) < 4.78 is 10.4. The largest absolute Gasteiger partial charge is 0.496 e.